The molecule has 1 heterocycles. The quantitative estimate of drug-likeness (QED) is 0.873. The molecule has 0 bridgehead atoms. The van der Waals surface area contributed by atoms with Crippen LogP contribution in [0.15, 0.2) is 22.7 Å². The highest BCUT2D eigenvalue weighted by atomic mass is 79.9. The first kappa shape index (κ1) is 13.9. The topological polar surface area (TPSA) is 64.7 Å². The fourth-order valence-corrected chi connectivity index (χ4v) is 2.20. The summed E-state index contributed by atoms with van der Waals surface area (Å²) < 4.78 is 1.03. The van der Waals surface area contributed by atoms with E-state index in [0.717, 1.165) is 15.6 Å². The van der Waals surface area contributed by atoms with E-state index in [2.05, 4.69) is 51.7 Å². The standard InChI is InChI=1S/C14H17BrN4/c1-8-7-9(15)5-6-10(8)11-17-12(14(2,3)4)19-13(16)18-11/h5-7H,1-4H3,(H2,16,17,18,19). The Morgan fingerprint density at radius 2 is 1.79 bits per heavy atom. The predicted molar refractivity (Wildman–Crippen MR) is 80.8 cm³/mol. The Hall–Kier alpha value is -1.49. The third-order valence-corrected chi connectivity index (χ3v) is 3.25. The van der Waals surface area contributed by atoms with E-state index in [9.17, 15) is 0 Å². The Kier molecular flexibility index (Phi) is 3.58. The number of aromatic nitrogens is 3. The molecule has 0 fully saturated rings. The van der Waals surface area contributed by atoms with Gasteiger partial charge >= 0.3 is 0 Å². The smallest absolute Gasteiger partial charge is 0.223 e. The first-order valence-corrected chi connectivity index (χ1v) is 6.85. The van der Waals surface area contributed by atoms with Gasteiger partial charge in [0.05, 0.1) is 0 Å². The second-order valence-corrected chi connectivity index (χ2v) is 6.47. The second-order valence-electron chi connectivity index (χ2n) is 5.55. The lowest BCUT2D eigenvalue weighted by Crippen LogP contribution is -2.18. The highest BCUT2D eigenvalue weighted by Crippen LogP contribution is 2.26. The number of nitrogens with two attached hydrogens (primary N) is 1. The molecule has 0 unspecified atom stereocenters. The molecule has 0 saturated carbocycles. The highest BCUT2D eigenvalue weighted by Gasteiger charge is 2.20. The van der Waals surface area contributed by atoms with Gasteiger partial charge in [-0.1, -0.05) is 36.7 Å². The van der Waals surface area contributed by atoms with E-state index < -0.39 is 0 Å². The molecule has 0 aliphatic heterocycles. The van der Waals surface area contributed by atoms with Crippen LogP contribution >= 0.6 is 15.9 Å². The van der Waals surface area contributed by atoms with E-state index >= 15 is 0 Å². The number of hydrogen-bond acceptors (Lipinski definition) is 4. The Bertz CT molecular complexity index is 617. The monoisotopic (exact) mass is 320 g/mol. The minimum atomic E-state index is -0.158. The maximum absolute atomic E-state index is 5.80. The van der Waals surface area contributed by atoms with Crippen LogP contribution in [0.5, 0.6) is 0 Å². The van der Waals surface area contributed by atoms with E-state index in [4.69, 9.17) is 5.73 Å². The van der Waals surface area contributed by atoms with Crippen LogP contribution in [-0.2, 0) is 5.41 Å². The molecule has 0 atom stereocenters. The molecule has 2 aromatic rings. The molecule has 2 rings (SSSR count). The van der Waals surface area contributed by atoms with Gasteiger partial charge in [0.2, 0.25) is 5.95 Å². The van der Waals surface area contributed by atoms with Crippen molar-refractivity contribution in [1.29, 1.82) is 0 Å². The summed E-state index contributed by atoms with van der Waals surface area (Å²) in [4.78, 5) is 13.0. The Labute approximate surface area is 121 Å². The maximum Gasteiger partial charge on any atom is 0.223 e. The van der Waals surface area contributed by atoms with Crippen LogP contribution in [0.25, 0.3) is 11.4 Å². The Morgan fingerprint density at radius 3 is 2.37 bits per heavy atom. The van der Waals surface area contributed by atoms with Crippen LogP contribution in [0, 0.1) is 6.92 Å². The zero-order valence-corrected chi connectivity index (χ0v) is 13.1. The van der Waals surface area contributed by atoms with Crippen molar-refractivity contribution in [3.63, 3.8) is 0 Å². The van der Waals surface area contributed by atoms with E-state index in [1.165, 1.54) is 0 Å². The SMILES string of the molecule is Cc1cc(Br)ccc1-c1nc(N)nc(C(C)(C)C)n1. The number of hydrogen-bond donors (Lipinski definition) is 1. The summed E-state index contributed by atoms with van der Waals surface area (Å²) >= 11 is 3.45. The number of benzene rings is 1. The van der Waals surface area contributed by atoms with Crippen molar-refractivity contribution < 1.29 is 0 Å². The molecule has 1 aromatic heterocycles. The normalized spacial score (nSPS) is 11.6. The van der Waals surface area contributed by atoms with Crippen molar-refractivity contribution in [3.8, 4) is 11.4 Å². The molecule has 0 saturated heterocycles. The van der Waals surface area contributed by atoms with Gasteiger partial charge in [0.15, 0.2) is 5.82 Å². The molecule has 4 nitrogen and oxygen atoms in total. The molecular weight excluding hydrogens is 304 g/mol. The highest BCUT2D eigenvalue weighted by molar-refractivity contribution is 9.10. The number of anilines is 1. The Morgan fingerprint density at radius 1 is 1.11 bits per heavy atom. The predicted octanol–water partition coefficient (Wildman–Crippen LogP) is 3.49. The lowest BCUT2D eigenvalue weighted by atomic mass is 9.95. The minimum Gasteiger partial charge on any atom is -0.368 e. The van der Waals surface area contributed by atoms with Gasteiger partial charge in [0.25, 0.3) is 0 Å². The zero-order chi connectivity index (χ0) is 14.2. The van der Waals surface area contributed by atoms with Crippen LogP contribution in [0.2, 0.25) is 0 Å². The van der Waals surface area contributed by atoms with Crippen LogP contribution in [0.1, 0.15) is 32.2 Å². The molecular formula is C14H17BrN4. The van der Waals surface area contributed by atoms with Gasteiger partial charge < -0.3 is 5.73 Å². The second kappa shape index (κ2) is 4.89. The summed E-state index contributed by atoms with van der Waals surface area (Å²) in [5, 5.41) is 0. The van der Waals surface area contributed by atoms with Gasteiger partial charge in [-0.05, 0) is 30.7 Å². The van der Waals surface area contributed by atoms with Crippen molar-refractivity contribution in [3.05, 3.63) is 34.1 Å². The zero-order valence-electron chi connectivity index (χ0n) is 11.5. The van der Waals surface area contributed by atoms with Crippen molar-refractivity contribution in [2.75, 3.05) is 5.73 Å². The Balaban J connectivity index is 2.59. The van der Waals surface area contributed by atoms with E-state index in [0.29, 0.717) is 11.6 Å². The van der Waals surface area contributed by atoms with Crippen molar-refractivity contribution in [2.45, 2.75) is 33.1 Å². The van der Waals surface area contributed by atoms with Crippen LogP contribution in [0.3, 0.4) is 0 Å². The minimum absolute atomic E-state index is 0.158. The molecule has 0 spiro atoms. The van der Waals surface area contributed by atoms with E-state index in [-0.39, 0.29) is 11.4 Å². The van der Waals surface area contributed by atoms with Gasteiger partial charge in [0, 0.05) is 15.5 Å². The van der Waals surface area contributed by atoms with Gasteiger partial charge in [0.1, 0.15) is 5.82 Å². The average Bonchev–Trinajstić information content (AvgIpc) is 2.26. The summed E-state index contributed by atoms with van der Waals surface area (Å²) in [7, 11) is 0. The first-order chi connectivity index (χ1) is 8.77. The average molecular weight is 321 g/mol. The van der Waals surface area contributed by atoms with Gasteiger partial charge in [-0.15, -0.1) is 0 Å². The van der Waals surface area contributed by atoms with Crippen LogP contribution < -0.4 is 5.73 Å². The fraction of sp³-hybridized carbons (Fsp3) is 0.357. The first-order valence-electron chi connectivity index (χ1n) is 6.06. The summed E-state index contributed by atoms with van der Waals surface area (Å²) in [6.45, 7) is 8.19. The molecule has 0 aliphatic carbocycles. The fourth-order valence-electron chi connectivity index (χ4n) is 1.73. The van der Waals surface area contributed by atoms with Crippen molar-refractivity contribution >= 4 is 21.9 Å². The molecule has 1 aromatic carbocycles. The summed E-state index contributed by atoms with van der Waals surface area (Å²) in [6, 6.07) is 5.99. The largest absolute Gasteiger partial charge is 0.368 e. The lowest BCUT2D eigenvalue weighted by Gasteiger charge is -2.17. The number of halogens is 1. The molecule has 19 heavy (non-hydrogen) atoms. The van der Waals surface area contributed by atoms with Crippen LogP contribution in [0.4, 0.5) is 5.95 Å². The van der Waals surface area contributed by atoms with Crippen LogP contribution in [-0.4, -0.2) is 15.0 Å². The van der Waals surface area contributed by atoms with E-state index in [1.54, 1.807) is 0 Å². The number of nitrogen functional groups attached to an aromatic ring is 1. The third kappa shape index (κ3) is 3.10. The molecule has 0 radical (unpaired) electrons. The van der Waals surface area contributed by atoms with Crippen molar-refractivity contribution in [1.82, 2.24) is 15.0 Å². The number of aryl methyl sites for hydroxylation is 1. The maximum atomic E-state index is 5.80. The molecule has 5 heteroatoms. The summed E-state index contributed by atoms with van der Waals surface area (Å²) in [5.74, 6) is 1.59. The van der Waals surface area contributed by atoms with Gasteiger partial charge in [-0.2, -0.15) is 9.97 Å². The summed E-state index contributed by atoms with van der Waals surface area (Å²) in [6.07, 6.45) is 0. The molecule has 100 valence electrons. The molecule has 2 N–H and O–H groups in total. The third-order valence-electron chi connectivity index (χ3n) is 2.75. The van der Waals surface area contributed by atoms with Gasteiger partial charge in [-0.25, -0.2) is 4.98 Å². The number of rotatable bonds is 1. The van der Waals surface area contributed by atoms with Gasteiger partial charge in [-0.3, -0.25) is 0 Å². The molecule has 0 amide bonds. The molecule has 0 aliphatic rings. The van der Waals surface area contributed by atoms with E-state index in [1.807, 2.05) is 25.1 Å². The number of nitrogens with zero attached hydrogens (tertiary/aromatic N) is 3. The van der Waals surface area contributed by atoms with Crippen molar-refractivity contribution in [2.24, 2.45) is 0 Å². The summed E-state index contributed by atoms with van der Waals surface area (Å²) in [5.41, 5.74) is 7.72. The lowest BCUT2D eigenvalue weighted by molar-refractivity contribution is 0.544.